The molecular formula is C21H21F2N3O4. The van der Waals surface area contributed by atoms with Crippen LogP contribution in [0.4, 0.5) is 13.6 Å². The molecule has 1 aliphatic carbocycles. The summed E-state index contributed by atoms with van der Waals surface area (Å²) in [7, 11) is 0. The molecule has 158 valence electrons. The number of pyridine rings is 1. The summed E-state index contributed by atoms with van der Waals surface area (Å²) in [6.07, 6.45) is 6.27. The molecule has 1 aliphatic rings. The van der Waals surface area contributed by atoms with Crippen molar-refractivity contribution in [2.45, 2.75) is 25.8 Å². The minimum atomic E-state index is -1.14. The Hall–Kier alpha value is -3.33. The second-order valence-corrected chi connectivity index (χ2v) is 6.92. The van der Waals surface area contributed by atoms with E-state index in [0.717, 1.165) is 12.1 Å². The van der Waals surface area contributed by atoms with E-state index in [1.54, 1.807) is 13.0 Å². The molecule has 3 N–H and O–H groups in total. The fraction of sp³-hybridized carbons (Fsp3) is 0.286. The highest BCUT2D eigenvalue weighted by molar-refractivity contribution is 5.93. The van der Waals surface area contributed by atoms with E-state index in [1.807, 2.05) is 0 Å². The molecule has 0 fully saturated rings. The van der Waals surface area contributed by atoms with Crippen molar-refractivity contribution in [2.75, 3.05) is 13.2 Å². The number of aliphatic hydroxyl groups excluding tert-OH is 1. The summed E-state index contributed by atoms with van der Waals surface area (Å²) in [6, 6.07) is 0.622. The summed E-state index contributed by atoms with van der Waals surface area (Å²) in [6.45, 7) is 1.70. The van der Waals surface area contributed by atoms with Crippen molar-refractivity contribution in [1.29, 1.82) is 0 Å². The van der Waals surface area contributed by atoms with Gasteiger partial charge in [0.25, 0.3) is 5.56 Å². The van der Waals surface area contributed by atoms with E-state index in [1.165, 1.54) is 23.2 Å². The summed E-state index contributed by atoms with van der Waals surface area (Å²) < 4.78 is 27.5. The fourth-order valence-electron chi connectivity index (χ4n) is 3.32. The molecule has 7 nitrogen and oxygen atoms in total. The lowest BCUT2D eigenvalue weighted by atomic mass is 10.0. The lowest BCUT2D eigenvalue weighted by Crippen LogP contribution is -2.42. The quantitative estimate of drug-likeness (QED) is 0.672. The first-order chi connectivity index (χ1) is 14.3. The Morgan fingerprint density at radius 3 is 2.57 bits per heavy atom. The number of H-pyrrole nitrogens is 1. The van der Waals surface area contributed by atoms with E-state index >= 15 is 0 Å². The number of allylic oxidation sites excluding steroid dienone is 3. The molecule has 0 saturated heterocycles. The Morgan fingerprint density at radius 2 is 1.93 bits per heavy atom. The minimum absolute atomic E-state index is 0.0304. The largest absolute Gasteiger partial charge is 0.396 e. The van der Waals surface area contributed by atoms with Crippen LogP contribution in [-0.2, 0) is 4.79 Å². The van der Waals surface area contributed by atoms with Gasteiger partial charge in [-0.2, -0.15) is 0 Å². The zero-order valence-corrected chi connectivity index (χ0v) is 16.2. The van der Waals surface area contributed by atoms with Crippen LogP contribution in [0.1, 0.15) is 31.4 Å². The summed E-state index contributed by atoms with van der Waals surface area (Å²) in [4.78, 5) is 40.2. The van der Waals surface area contributed by atoms with Crippen molar-refractivity contribution in [3.05, 3.63) is 69.8 Å². The van der Waals surface area contributed by atoms with Crippen LogP contribution in [-0.4, -0.2) is 40.0 Å². The van der Waals surface area contributed by atoms with Crippen molar-refractivity contribution in [3.8, 4) is 0 Å². The number of urea groups is 1. The first kappa shape index (κ1) is 21.4. The van der Waals surface area contributed by atoms with Crippen LogP contribution in [0.3, 0.4) is 0 Å². The number of aromatic amines is 1. The third-order valence-electron chi connectivity index (χ3n) is 4.93. The van der Waals surface area contributed by atoms with Crippen LogP contribution in [0.2, 0.25) is 0 Å². The number of nitrogens with zero attached hydrogens (tertiary/aromatic N) is 1. The monoisotopic (exact) mass is 417 g/mol. The van der Waals surface area contributed by atoms with Gasteiger partial charge in [-0.15, -0.1) is 0 Å². The number of rotatable bonds is 6. The molecule has 1 aromatic heterocycles. The van der Waals surface area contributed by atoms with Gasteiger partial charge in [-0.1, -0.05) is 6.08 Å². The molecule has 1 unspecified atom stereocenters. The number of ketones is 1. The number of nitrogens with one attached hydrogen (secondary N) is 2. The molecule has 0 aliphatic heterocycles. The fourth-order valence-corrected chi connectivity index (χ4v) is 3.32. The van der Waals surface area contributed by atoms with Crippen LogP contribution >= 0.6 is 0 Å². The van der Waals surface area contributed by atoms with Gasteiger partial charge in [-0.05, 0) is 48.6 Å². The van der Waals surface area contributed by atoms with Crippen molar-refractivity contribution in [3.63, 3.8) is 0 Å². The Morgan fingerprint density at radius 1 is 1.23 bits per heavy atom. The smallest absolute Gasteiger partial charge is 0.322 e. The third kappa shape index (κ3) is 4.46. The number of benzene rings is 1. The molecule has 0 radical (unpaired) electrons. The van der Waals surface area contributed by atoms with Gasteiger partial charge < -0.3 is 20.3 Å². The maximum Gasteiger partial charge on any atom is 0.322 e. The second-order valence-electron chi connectivity index (χ2n) is 6.92. The molecule has 9 heteroatoms. The molecule has 1 aromatic carbocycles. The molecular weight excluding hydrogens is 396 g/mol. The highest BCUT2D eigenvalue weighted by Gasteiger charge is 2.24. The van der Waals surface area contributed by atoms with Gasteiger partial charge in [0, 0.05) is 31.5 Å². The predicted octanol–water partition coefficient (Wildman–Crippen LogP) is 2.67. The summed E-state index contributed by atoms with van der Waals surface area (Å²) in [5, 5.41) is 12.1. The number of halogens is 2. The number of fused-ring (bicyclic) bond motifs is 1. The van der Waals surface area contributed by atoms with E-state index in [0.29, 0.717) is 11.3 Å². The van der Waals surface area contributed by atoms with Crippen molar-refractivity contribution in [2.24, 2.45) is 0 Å². The number of carbonyl (C=O) groups is 2. The maximum atomic E-state index is 13.9. The number of hydrogen-bond acceptors (Lipinski definition) is 4. The van der Waals surface area contributed by atoms with E-state index in [2.05, 4.69) is 10.3 Å². The Bertz CT molecular complexity index is 1110. The van der Waals surface area contributed by atoms with Crippen LogP contribution in [0.25, 0.3) is 10.8 Å². The van der Waals surface area contributed by atoms with E-state index in [9.17, 15) is 28.3 Å². The highest BCUT2D eigenvalue weighted by Crippen LogP contribution is 2.28. The predicted molar refractivity (Wildman–Crippen MR) is 107 cm³/mol. The zero-order valence-electron chi connectivity index (χ0n) is 16.2. The maximum absolute atomic E-state index is 13.9. The first-order valence-electron chi connectivity index (χ1n) is 9.41. The van der Waals surface area contributed by atoms with Gasteiger partial charge in [0.05, 0.1) is 11.4 Å². The lowest BCUT2D eigenvalue weighted by Gasteiger charge is -2.30. The minimum Gasteiger partial charge on any atom is -0.396 e. The molecule has 1 heterocycles. The number of carbonyl (C=O) groups excluding carboxylic acids is 2. The number of amides is 2. The lowest BCUT2D eigenvalue weighted by molar-refractivity contribution is -0.113. The SMILES string of the molecule is CC(c1c[nH]c(=O)c2cc(F)c(F)cc12)N(CCCO)C(=O)NC1=CCC(=O)C=C1. The summed E-state index contributed by atoms with van der Waals surface area (Å²) >= 11 is 0. The average molecular weight is 417 g/mol. The van der Waals surface area contributed by atoms with E-state index in [-0.39, 0.29) is 42.5 Å². The van der Waals surface area contributed by atoms with Gasteiger partial charge in [-0.3, -0.25) is 9.59 Å². The molecule has 2 aromatic rings. The van der Waals surface area contributed by atoms with Crippen molar-refractivity contribution >= 4 is 22.6 Å². The van der Waals surface area contributed by atoms with Gasteiger partial charge in [0.2, 0.25) is 0 Å². The van der Waals surface area contributed by atoms with Gasteiger partial charge in [0.15, 0.2) is 17.4 Å². The van der Waals surface area contributed by atoms with E-state index in [4.69, 9.17) is 0 Å². The average Bonchev–Trinajstić information content (AvgIpc) is 2.71. The molecule has 30 heavy (non-hydrogen) atoms. The van der Waals surface area contributed by atoms with Crippen LogP contribution < -0.4 is 10.9 Å². The Balaban J connectivity index is 1.96. The molecule has 0 saturated carbocycles. The topological polar surface area (TPSA) is 102 Å². The van der Waals surface area contributed by atoms with Crippen LogP contribution in [0, 0.1) is 11.6 Å². The Labute approximate surface area is 170 Å². The Kier molecular flexibility index (Phi) is 6.41. The summed E-state index contributed by atoms with van der Waals surface area (Å²) in [5.74, 6) is -2.32. The molecule has 0 spiro atoms. The molecule has 2 amide bonds. The summed E-state index contributed by atoms with van der Waals surface area (Å²) in [5.41, 5.74) is 0.300. The van der Waals surface area contributed by atoms with Crippen molar-refractivity contribution in [1.82, 2.24) is 15.2 Å². The second kappa shape index (κ2) is 9.00. The zero-order chi connectivity index (χ0) is 21.8. The molecule has 0 bridgehead atoms. The third-order valence-corrected chi connectivity index (χ3v) is 4.93. The number of aliphatic hydroxyl groups is 1. The van der Waals surface area contributed by atoms with Gasteiger partial charge >= 0.3 is 6.03 Å². The van der Waals surface area contributed by atoms with Gasteiger partial charge in [-0.25, -0.2) is 13.6 Å². The normalized spacial score (nSPS) is 14.5. The standard InChI is InChI=1S/C21H21F2N3O4/c1-12(17-11-24-20(29)16-10-19(23)18(22)9-15(16)17)26(7-2-8-27)21(30)25-13-3-5-14(28)6-4-13/h3-5,9-12,27H,2,6-8H2,1H3,(H,24,29)(H,25,30). The van der Waals surface area contributed by atoms with E-state index < -0.39 is 29.3 Å². The van der Waals surface area contributed by atoms with Gasteiger partial charge in [0.1, 0.15) is 0 Å². The van der Waals surface area contributed by atoms with Crippen LogP contribution in [0.15, 0.2) is 47.0 Å². The highest BCUT2D eigenvalue weighted by atomic mass is 19.2. The number of aromatic nitrogens is 1. The first-order valence-corrected chi connectivity index (χ1v) is 9.41. The molecule has 3 rings (SSSR count). The van der Waals surface area contributed by atoms with Crippen LogP contribution in [0.5, 0.6) is 0 Å². The number of hydrogen-bond donors (Lipinski definition) is 3. The molecule has 1 atom stereocenters. The van der Waals surface area contributed by atoms with Crippen molar-refractivity contribution < 1.29 is 23.5 Å².